The van der Waals surface area contributed by atoms with Gasteiger partial charge in [-0.3, -0.25) is 4.79 Å². The van der Waals surface area contributed by atoms with E-state index in [2.05, 4.69) is 5.32 Å². The van der Waals surface area contributed by atoms with Gasteiger partial charge in [-0.25, -0.2) is 4.79 Å². The molecule has 1 N–H and O–H groups in total. The molecule has 2 heterocycles. The van der Waals surface area contributed by atoms with E-state index in [0.717, 1.165) is 18.4 Å². The topological polar surface area (TPSA) is 71.1 Å². The van der Waals surface area contributed by atoms with Crippen molar-refractivity contribution in [1.82, 2.24) is 15.1 Å². The minimum atomic E-state index is -0.0473. The van der Waals surface area contributed by atoms with Gasteiger partial charge < -0.3 is 24.6 Å². The molecule has 0 unspecified atom stereocenters. The lowest BCUT2D eigenvalue weighted by Gasteiger charge is -2.48. The normalized spacial score (nSPS) is 17.9. The molecule has 7 heteroatoms. The second kappa shape index (κ2) is 9.28. The number of likely N-dealkylation sites (tertiary alicyclic amines) is 1. The number of nitrogens with one attached hydrogen (secondary N) is 1. The van der Waals surface area contributed by atoms with Crippen LogP contribution < -0.4 is 10.1 Å². The molecule has 2 fully saturated rings. The number of ether oxygens (including phenoxy) is 2. The maximum absolute atomic E-state index is 12.8. The van der Waals surface area contributed by atoms with E-state index in [1.807, 2.05) is 49.9 Å². The number of urea groups is 1. The predicted molar refractivity (Wildman–Crippen MR) is 106 cm³/mol. The van der Waals surface area contributed by atoms with E-state index in [0.29, 0.717) is 32.1 Å². The summed E-state index contributed by atoms with van der Waals surface area (Å²) in [6.07, 6.45) is 1.68. The van der Waals surface area contributed by atoms with Crippen molar-refractivity contribution in [3.05, 3.63) is 29.8 Å². The summed E-state index contributed by atoms with van der Waals surface area (Å²) in [5, 5.41) is 3.00. The lowest BCUT2D eigenvalue weighted by molar-refractivity contribution is -0.141. The van der Waals surface area contributed by atoms with Crippen LogP contribution in [-0.4, -0.2) is 72.8 Å². The first-order valence-electron chi connectivity index (χ1n) is 10.1. The summed E-state index contributed by atoms with van der Waals surface area (Å²) in [5.74, 6) is 0.652. The third kappa shape index (κ3) is 5.16. The van der Waals surface area contributed by atoms with Crippen molar-refractivity contribution in [2.24, 2.45) is 0 Å². The smallest absolute Gasteiger partial charge is 0.318 e. The van der Waals surface area contributed by atoms with Crippen LogP contribution >= 0.6 is 0 Å². The molecule has 1 aromatic rings. The number of carbonyl (C=O) groups excluding carboxylic acids is 2. The Labute approximate surface area is 167 Å². The summed E-state index contributed by atoms with van der Waals surface area (Å²) in [7, 11) is 0. The van der Waals surface area contributed by atoms with Crippen LogP contribution in [0, 0.1) is 6.92 Å². The second-order valence-electron chi connectivity index (χ2n) is 7.91. The minimum absolute atomic E-state index is 0.0195. The van der Waals surface area contributed by atoms with Crippen LogP contribution in [0.5, 0.6) is 5.75 Å². The number of rotatable bonds is 6. The van der Waals surface area contributed by atoms with Crippen LogP contribution in [-0.2, 0) is 9.53 Å². The Kier molecular flexibility index (Phi) is 6.78. The van der Waals surface area contributed by atoms with Gasteiger partial charge in [0.15, 0.2) is 6.61 Å². The number of nitrogens with zero attached hydrogens (tertiary/aromatic N) is 2. The molecular formula is C21H31N3O4. The van der Waals surface area contributed by atoms with Gasteiger partial charge in [-0.1, -0.05) is 12.1 Å². The van der Waals surface area contributed by atoms with Crippen molar-refractivity contribution in [1.29, 1.82) is 0 Å². The molecule has 0 bridgehead atoms. The van der Waals surface area contributed by atoms with E-state index >= 15 is 0 Å². The van der Waals surface area contributed by atoms with Crippen LogP contribution in [0.1, 0.15) is 32.3 Å². The molecule has 28 heavy (non-hydrogen) atoms. The summed E-state index contributed by atoms with van der Waals surface area (Å²) in [6.45, 7) is 8.38. The predicted octanol–water partition coefficient (Wildman–Crippen LogP) is 2.18. The van der Waals surface area contributed by atoms with Crippen LogP contribution in [0.4, 0.5) is 4.79 Å². The zero-order valence-electron chi connectivity index (χ0n) is 17.0. The molecule has 0 radical (unpaired) electrons. The number of hydrogen-bond acceptors (Lipinski definition) is 4. The van der Waals surface area contributed by atoms with E-state index < -0.39 is 0 Å². The molecule has 2 aliphatic rings. The maximum Gasteiger partial charge on any atom is 0.318 e. The fraction of sp³-hybridized carbons (Fsp3) is 0.619. The molecule has 2 aliphatic heterocycles. The molecule has 2 saturated heterocycles. The van der Waals surface area contributed by atoms with Crippen LogP contribution in [0.15, 0.2) is 24.3 Å². The Morgan fingerprint density at radius 3 is 2.61 bits per heavy atom. The van der Waals surface area contributed by atoms with Gasteiger partial charge >= 0.3 is 6.03 Å². The monoisotopic (exact) mass is 389 g/mol. The molecule has 0 atom stereocenters. The van der Waals surface area contributed by atoms with Gasteiger partial charge in [0.25, 0.3) is 5.91 Å². The maximum atomic E-state index is 12.8. The first kappa shape index (κ1) is 20.5. The van der Waals surface area contributed by atoms with Gasteiger partial charge in [-0.05, 0) is 51.3 Å². The van der Waals surface area contributed by atoms with Gasteiger partial charge in [-0.2, -0.15) is 0 Å². The lowest BCUT2D eigenvalue weighted by Crippen LogP contribution is -2.67. The molecule has 3 amide bonds. The first-order valence-corrected chi connectivity index (χ1v) is 10.1. The SMILES string of the molecule is Cc1cccc(OCC(=O)N2CC(N(C(=O)NC(C)C)C3CCOCC3)C2)c1. The van der Waals surface area contributed by atoms with Crippen LogP contribution in [0.25, 0.3) is 0 Å². The van der Waals surface area contributed by atoms with Crippen molar-refractivity contribution in [3.63, 3.8) is 0 Å². The molecule has 0 saturated carbocycles. The Bertz CT molecular complexity index is 682. The third-order valence-electron chi connectivity index (χ3n) is 5.19. The number of hydrogen-bond donors (Lipinski definition) is 1. The Morgan fingerprint density at radius 1 is 1.25 bits per heavy atom. The summed E-state index contributed by atoms with van der Waals surface area (Å²) < 4.78 is 11.1. The lowest BCUT2D eigenvalue weighted by atomic mass is 10.0. The van der Waals surface area contributed by atoms with E-state index in [9.17, 15) is 9.59 Å². The molecule has 0 aliphatic carbocycles. The van der Waals surface area contributed by atoms with Gasteiger partial charge in [0.2, 0.25) is 0 Å². The average molecular weight is 389 g/mol. The summed E-state index contributed by atoms with van der Waals surface area (Å²) >= 11 is 0. The van der Waals surface area contributed by atoms with Crippen molar-refractivity contribution in [2.75, 3.05) is 32.9 Å². The van der Waals surface area contributed by atoms with Gasteiger partial charge in [-0.15, -0.1) is 0 Å². The van der Waals surface area contributed by atoms with Gasteiger partial charge in [0.1, 0.15) is 5.75 Å². The molecule has 7 nitrogen and oxygen atoms in total. The third-order valence-corrected chi connectivity index (χ3v) is 5.19. The van der Waals surface area contributed by atoms with E-state index in [-0.39, 0.29) is 36.7 Å². The molecule has 1 aromatic carbocycles. The van der Waals surface area contributed by atoms with Crippen LogP contribution in [0.3, 0.4) is 0 Å². The molecule has 0 aromatic heterocycles. The highest BCUT2D eigenvalue weighted by atomic mass is 16.5. The number of carbonyl (C=O) groups is 2. The molecule has 154 valence electrons. The highest BCUT2D eigenvalue weighted by Gasteiger charge is 2.40. The fourth-order valence-electron chi connectivity index (χ4n) is 3.69. The standard InChI is InChI=1S/C21H31N3O4/c1-15(2)22-21(26)24(17-7-9-27-10-8-17)18-12-23(13-18)20(25)14-28-19-6-4-5-16(3)11-19/h4-6,11,15,17-18H,7-10,12-14H2,1-3H3,(H,22,26). The first-order chi connectivity index (χ1) is 13.4. The number of amides is 3. The highest BCUT2D eigenvalue weighted by molar-refractivity contribution is 5.80. The molecule has 3 rings (SSSR count). The van der Waals surface area contributed by atoms with E-state index in [1.54, 1.807) is 4.90 Å². The van der Waals surface area contributed by atoms with Crippen molar-refractivity contribution in [3.8, 4) is 5.75 Å². The highest BCUT2D eigenvalue weighted by Crippen LogP contribution is 2.24. The van der Waals surface area contributed by atoms with Gasteiger partial charge in [0.05, 0.1) is 6.04 Å². The van der Waals surface area contributed by atoms with Crippen molar-refractivity contribution < 1.29 is 19.1 Å². The summed E-state index contributed by atoms with van der Waals surface area (Å²) in [4.78, 5) is 28.9. The van der Waals surface area contributed by atoms with E-state index in [4.69, 9.17) is 9.47 Å². The molecule has 0 spiro atoms. The summed E-state index contributed by atoms with van der Waals surface area (Å²) in [6, 6.07) is 7.90. The van der Waals surface area contributed by atoms with E-state index in [1.165, 1.54) is 0 Å². The minimum Gasteiger partial charge on any atom is -0.484 e. The zero-order valence-corrected chi connectivity index (χ0v) is 17.0. The Hall–Kier alpha value is -2.28. The Morgan fingerprint density at radius 2 is 1.96 bits per heavy atom. The summed E-state index contributed by atoms with van der Waals surface area (Å²) in [5.41, 5.74) is 1.09. The fourth-order valence-corrected chi connectivity index (χ4v) is 3.69. The van der Waals surface area contributed by atoms with Crippen molar-refractivity contribution >= 4 is 11.9 Å². The number of aryl methyl sites for hydroxylation is 1. The number of benzene rings is 1. The zero-order chi connectivity index (χ0) is 20.1. The second-order valence-corrected chi connectivity index (χ2v) is 7.91. The Balaban J connectivity index is 1.53. The largest absolute Gasteiger partial charge is 0.484 e. The van der Waals surface area contributed by atoms with Crippen LogP contribution in [0.2, 0.25) is 0 Å². The van der Waals surface area contributed by atoms with Gasteiger partial charge in [0, 0.05) is 38.4 Å². The van der Waals surface area contributed by atoms with Crippen molar-refractivity contribution in [2.45, 2.75) is 51.7 Å². The molecular weight excluding hydrogens is 358 g/mol. The quantitative estimate of drug-likeness (QED) is 0.810. The average Bonchev–Trinajstić information content (AvgIpc) is 2.62.